The summed E-state index contributed by atoms with van der Waals surface area (Å²) in [6.45, 7) is 3.15. The van der Waals surface area contributed by atoms with Gasteiger partial charge in [0, 0.05) is 24.5 Å². The highest BCUT2D eigenvalue weighted by Gasteiger charge is 2.35. The predicted octanol–water partition coefficient (Wildman–Crippen LogP) is 0.849. The molecule has 88 valence electrons. The van der Waals surface area contributed by atoms with Crippen LogP contribution < -0.4 is 0 Å². The molecule has 6 heteroatoms. The molecule has 0 radical (unpaired) electrons. The lowest BCUT2D eigenvalue weighted by Gasteiger charge is -2.40. The number of hydrogen-bond acceptors (Lipinski definition) is 3. The van der Waals surface area contributed by atoms with Crippen LogP contribution in [0.2, 0.25) is 0 Å². The second-order valence-electron chi connectivity index (χ2n) is 4.70. The Morgan fingerprint density at radius 3 is 2.81 bits per heavy atom. The monoisotopic (exact) mass is 223 g/mol. The molecule has 6 nitrogen and oxygen atoms in total. The first kappa shape index (κ1) is 11.2. The highest BCUT2D eigenvalue weighted by Crippen LogP contribution is 2.21. The van der Waals surface area contributed by atoms with Gasteiger partial charge >= 0.3 is 0 Å². The van der Waals surface area contributed by atoms with E-state index in [2.05, 4.69) is 22.0 Å². The van der Waals surface area contributed by atoms with Crippen molar-refractivity contribution in [2.45, 2.75) is 18.9 Å². The van der Waals surface area contributed by atoms with Gasteiger partial charge in [-0.15, -0.1) is 0 Å². The molecule has 0 saturated carbocycles. The van der Waals surface area contributed by atoms with Crippen LogP contribution in [0.5, 0.6) is 0 Å². The van der Waals surface area contributed by atoms with E-state index < -0.39 is 0 Å². The molecule has 2 rings (SSSR count). The Morgan fingerprint density at radius 2 is 2.19 bits per heavy atom. The maximum atomic E-state index is 12.0. The van der Waals surface area contributed by atoms with E-state index in [4.69, 9.17) is 5.53 Å². The molecule has 2 saturated heterocycles. The van der Waals surface area contributed by atoms with Gasteiger partial charge in [-0.1, -0.05) is 5.11 Å². The number of rotatable bonds is 2. The molecule has 2 aliphatic rings. The summed E-state index contributed by atoms with van der Waals surface area (Å²) in [7, 11) is 2.05. The number of piperidine rings is 1. The molecule has 0 N–H and O–H groups in total. The SMILES string of the molecule is CN1CCCC(C(=O)N2CC(N=[N+]=[N-])C2)C1. The van der Waals surface area contributed by atoms with Crippen LogP contribution in [-0.4, -0.2) is 55.0 Å². The number of carbonyl (C=O) groups is 1. The Labute approximate surface area is 94.8 Å². The van der Waals surface area contributed by atoms with Gasteiger partial charge in [-0.3, -0.25) is 4.79 Å². The number of likely N-dealkylation sites (tertiary alicyclic amines) is 2. The average molecular weight is 223 g/mol. The zero-order valence-corrected chi connectivity index (χ0v) is 9.54. The number of hydrogen-bond donors (Lipinski definition) is 0. The second-order valence-corrected chi connectivity index (χ2v) is 4.70. The molecule has 1 atom stereocenters. The first-order valence-corrected chi connectivity index (χ1v) is 5.72. The van der Waals surface area contributed by atoms with Gasteiger partial charge in [-0.2, -0.15) is 0 Å². The van der Waals surface area contributed by atoms with E-state index >= 15 is 0 Å². The van der Waals surface area contributed by atoms with E-state index in [1.54, 1.807) is 0 Å². The number of amides is 1. The molecule has 2 fully saturated rings. The minimum atomic E-state index is -0.00438. The van der Waals surface area contributed by atoms with Crippen molar-refractivity contribution in [2.75, 3.05) is 33.2 Å². The van der Waals surface area contributed by atoms with E-state index in [0.29, 0.717) is 13.1 Å². The number of carbonyl (C=O) groups excluding carboxylic acids is 1. The molecule has 1 unspecified atom stereocenters. The van der Waals surface area contributed by atoms with Crippen molar-refractivity contribution in [1.82, 2.24) is 9.80 Å². The van der Waals surface area contributed by atoms with Crippen molar-refractivity contribution >= 4 is 5.91 Å². The first-order valence-electron chi connectivity index (χ1n) is 5.72. The summed E-state index contributed by atoms with van der Waals surface area (Å²) in [5, 5.41) is 3.60. The normalized spacial score (nSPS) is 27.1. The number of azide groups is 1. The Kier molecular flexibility index (Phi) is 3.31. The third-order valence-electron chi connectivity index (χ3n) is 3.36. The molecule has 0 aliphatic carbocycles. The van der Waals surface area contributed by atoms with E-state index in [1.165, 1.54) is 0 Å². The van der Waals surface area contributed by atoms with Gasteiger partial charge in [-0.25, -0.2) is 0 Å². The quantitative estimate of drug-likeness (QED) is 0.395. The Bertz CT molecular complexity index is 319. The average Bonchev–Trinajstić information content (AvgIpc) is 2.22. The van der Waals surface area contributed by atoms with Crippen LogP contribution in [-0.2, 0) is 4.79 Å². The maximum absolute atomic E-state index is 12.0. The summed E-state index contributed by atoms with van der Waals surface area (Å²) >= 11 is 0. The van der Waals surface area contributed by atoms with Crippen LogP contribution >= 0.6 is 0 Å². The fourth-order valence-corrected chi connectivity index (χ4v) is 2.41. The van der Waals surface area contributed by atoms with Gasteiger partial charge < -0.3 is 9.80 Å². The molecule has 2 aliphatic heterocycles. The molecule has 2 heterocycles. The predicted molar refractivity (Wildman–Crippen MR) is 59.7 cm³/mol. The minimum Gasteiger partial charge on any atom is -0.341 e. The fraction of sp³-hybridized carbons (Fsp3) is 0.900. The van der Waals surface area contributed by atoms with E-state index in [1.807, 2.05) is 4.90 Å². The molecule has 0 aromatic carbocycles. The van der Waals surface area contributed by atoms with Crippen LogP contribution in [0.1, 0.15) is 12.8 Å². The van der Waals surface area contributed by atoms with Crippen LogP contribution in [0.4, 0.5) is 0 Å². The van der Waals surface area contributed by atoms with Crippen LogP contribution in [0.3, 0.4) is 0 Å². The molecule has 16 heavy (non-hydrogen) atoms. The second kappa shape index (κ2) is 4.72. The Balaban J connectivity index is 1.82. The molecule has 0 aromatic rings. The van der Waals surface area contributed by atoms with Crippen molar-refractivity contribution in [3.05, 3.63) is 10.4 Å². The Morgan fingerprint density at radius 1 is 1.44 bits per heavy atom. The van der Waals surface area contributed by atoms with Crippen molar-refractivity contribution in [1.29, 1.82) is 0 Å². The van der Waals surface area contributed by atoms with Gasteiger partial charge in [0.1, 0.15) is 0 Å². The van der Waals surface area contributed by atoms with Crippen molar-refractivity contribution < 1.29 is 4.79 Å². The highest BCUT2D eigenvalue weighted by atomic mass is 16.2. The summed E-state index contributed by atoms with van der Waals surface area (Å²) < 4.78 is 0. The molecule has 0 bridgehead atoms. The largest absolute Gasteiger partial charge is 0.341 e. The van der Waals surface area contributed by atoms with Gasteiger partial charge in [0.15, 0.2) is 0 Å². The third kappa shape index (κ3) is 2.28. The van der Waals surface area contributed by atoms with Gasteiger partial charge in [0.2, 0.25) is 5.91 Å². The first-order chi connectivity index (χ1) is 7.70. The Hall–Kier alpha value is -1.26. The molecular formula is C10H17N5O. The minimum absolute atomic E-state index is 0.00438. The lowest BCUT2D eigenvalue weighted by molar-refractivity contribution is -0.141. The molecule has 0 aromatic heterocycles. The highest BCUT2D eigenvalue weighted by molar-refractivity contribution is 5.80. The fourth-order valence-electron chi connectivity index (χ4n) is 2.41. The number of nitrogens with zero attached hydrogens (tertiary/aromatic N) is 5. The summed E-state index contributed by atoms with van der Waals surface area (Å²) in [6.07, 6.45) is 2.09. The van der Waals surface area contributed by atoms with Crippen LogP contribution in [0.15, 0.2) is 5.11 Å². The zero-order valence-electron chi connectivity index (χ0n) is 9.54. The van der Waals surface area contributed by atoms with Gasteiger partial charge in [-0.05, 0) is 32.0 Å². The van der Waals surface area contributed by atoms with Crippen molar-refractivity contribution in [2.24, 2.45) is 11.0 Å². The van der Waals surface area contributed by atoms with Crippen molar-refractivity contribution in [3.63, 3.8) is 0 Å². The van der Waals surface area contributed by atoms with Crippen molar-refractivity contribution in [3.8, 4) is 0 Å². The van der Waals surface area contributed by atoms with Gasteiger partial charge in [0.25, 0.3) is 0 Å². The smallest absolute Gasteiger partial charge is 0.226 e. The van der Waals surface area contributed by atoms with Crippen LogP contribution in [0, 0.1) is 5.92 Å². The van der Waals surface area contributed by atoms with E-state index in [-0.39, 0.29) is 17.9 Å². The van der Waals surface area contributed by atoms with Crippen LogP contribution in [0.25, 0.3) is 10.4 Å². The lowest BCUT2D eigenvalue weighted by Crippen LogP contribution is -2.56. The third-order valence-corrected chi connectivity index (χ3v) is 3.36. The standard InChI is InChI=1S/C10H17N5O/c1-14-4-2-3-8(5-14)10(16)15-6-9(7-15)12-13-11/h8-9H,2-7H2,1H3. The topological polar surface area (TPSA) is 72.3 Å². The summed E-state index contributed by atoms with van der Waals surface area (Å²) in [6, 6.07) is -0.00438. The molecular weight excluding hydrogens is 206 g/mol. The van der Waals surface area contributed by atoms with E-state index in [0.717, 1.165) is 25.9 Å². The molecule has 0 spiro atoms. The van der Waals surface area contributed by atoms with E-state index in [9.17, 15) is 4.79 Å². The summed E-state index contributed by atoms with van der Waals surface area (Å²) in [5.41, 5.74) is 8.26. The zero-order chi connectivity index (χ0) is 11.5. The maximum Gasteiger partial charge on any atom is 0.226 e. The summed E-state index contributed by atoms with van der Waals surface area (Å²) in [4.78, 5) is 18.8. The van der Waals surface area contributed by atoms with Gasteiger partial charge in [0.05, 0.1) is 12.0 Å². The summed E-state index contributed by atoms with van der Waals surface area (Å²) in [5.74, 6) is 0.377. The lowest BCUT2D eigenvalue weighted by atomic mass is 9.95. The molecule has 1 amide bonds.